The average Bonchev–Trinajstić information content (AvgIpc) is 2.26. The van der Waals surface area contributed by atoms with Crippen LogP contribution in [-0.2, 0) is 4.74 Å². The number of methoxy groups -OCH3 is 1. The van der Waals surface area contributed by atoms with Gasteiger partial charge in [0.2, 0.25) is 0 Å². The van der Waals surface area contributed by atoms with Crippen molar-refractivity contribution in [3.63, 3.8) is 0 Å². The number of halogens is 3. The maximum absolute atomic E-state index is 12.5. The van der Waals surface area contributed by atoms with Crippen LogP contribution in [0.2, 0.25) is 0 Å². The summed E-state index contributed by atoms with van der Waals surface area (Å²) in [6, 6.07) is 1.88. The minimum absolute atomic E-state index is 0. The molecule has 0 atom stereocenters. The van der Waals surface area contributed by atoms with Gasteiger partial charge in [-0.05, 0) is 6.07 Å². The summed E-state index contributed by atoms with van der Waals surface area (Å²) in [5.41, 5.74) is -2.20. The topological polar surface area (TPSA) is 63.6 Å². The van der Waals surface area contributed by atoms with Crippen molar-refractivity contribution in [3.8, 4) is 0 Å². The van der Waals surface area contributed by atoms with Crippen molar-refractivity contribution < 1.29 is 83.8 Å². The van der Waals surface area contributed by atoms with E-state index in [1.165, 1.54) is 0 Å². The first-order valence-corrected chi connectivity index (χ1v) is 4.42. The molecule has 0 fully saturated rings. The Kier molecular flexibility index (Phi) is 6.58. The van der Waals surface area contributed by atoms with E-state index in [0.717, 1.165) is 13.2 Å². The van der Waals surface area contributed by atoms with Crippen LogP contribution in [0.1, 0.15) is 20.7 Å². The summed E-state index contributed by atoms with van der Waals surface area (Å²) < 4.78 is 41.7. The predicted octanol–water partition coefficient (Wildman–Crippen LogP) is -1.77. The molecular weight excluding hydrogens is 279 g/mol. The number of carboxylic acids is 1. The summed E-state index contributed by atoms with van der Waals surface area (Å²) in [6.07, 6.45) is 0. The van der Waals surface area contributed by atoms with Gasteiger partial charge in [0.25, 0.3) is 0 Å². The number of ether oxygens (including phenoxy) is 1. The van der Waals surface area contributed by atoms with Crippen LogP contribution in [0, 0.1) is 0 Å². The van der Waals surface area contributed by atoms with Crippen molar-refractivity contribution in [1.29, 1.82) is 0 Å². The molecule has 0 aromatic heterocycles. The predicted molar refractivity (Wildman–Crippen MR) is 53.5 cm³/mol. The van der Waals surface area contributed by atoms with Crippen LogP contribution < -0.4 is 56.8 Å². The number of rotatable bonds is 3. The molecular formula is C9H7BF3KO4. The van der Waals surface area contributed by atoms with Crippen LogP contribution in [0.4, 0.5) is 12.9 Å². The van der Waals surface area contributed by atoms with Gasteiger partial charge in [0, 0.05) is 0 Å². The maximum atomic E-state index is 12.5. The van der Waals surface area contributed by atoms with Crippen molar-refractivity contribution in [2.45, 2.75) is 0 Å². The van der Waals surface area contributed by atoms with E-state index in [9.17, 15) is 22.5 Å². The number of carbonyl (C=O) groups excluding carboxylic acids is 1. The molecule has 0 unspecified atom stereocenters. The second-order valence-corrected chi connectivity index (χ2v) is 3.22. The van der Waals surface area contributed by atoms with Gasteiger partial charge in [0.15, 0.2) is 0 Å². The van der Waals surface area contributed by atoms with Crippen molar-refractivity contribution in [2.24, 2.45) is 0 Å². The molecule has 1 N–H and O–H groups in total. The van der Waals surface area contributed by atoms with Gasteiger partial charge in [-0.25, -0.2) is 9.59 Å². The molecule has 0 spiro atoms. The number of carbonyl (C=O) groups is 2. The minimum Gasteiger partial charge on any atom is -0.478 e. The van der Waals surface area contributed by atoms with Gasteiger partial charge in [-0.15, -0.1) is 5.46 Å². The fourth-order valence-electron chi connectivity index (χ4n) is 1.20. The van der Waals surface area contributed by atoms with Crippen LogP contribution in [0.25, 0.3) is 0 Å². The van der Waals surface area contributed by atoms with E-state index in [-0.39, 0.29) is 51.4 Å². The van der Waals surface area contributed by atoms with E-state index in [1.807, 2.05) is 0 Å². The van der Waals surface area contributed by atoms with Gasteiger partial charge in [-0.1, -0.05) is 12.1 Å². The third-order valence-electron chi connectivity index (χ3n) is 2.00. The van der Waals surface area contributed by atoms with Crippen LogP contribution in [0.5, 0.6) is 0 Å². The summed E-state index contributed by atoms with van der Waals surface area (Å²) in [5, 5.41) is 8.64. The third kappa shape index (κ3) is 4.39. The molecule has 0 amide bonds. The molecule has 4 nitrogen and oxygen atoms in total. The fourth-order valence-corrected chi connectivity index (χ4v) is 1.20. The van der Waals surface area contributed by atoms with E-state index in [4.69, 9.17) is 5.11 Å². The molecule has 0 saturated carbocycles. The second-order valence-electron chi connectivity index (χ2n) is 3.22. The fraction of sp³-hybridized carbons (Fsp3) is 0.111. The van der Waals surface area contributed by atoms with Crippen LogP contribution in [-0.4, -0.2) is 31.1 Å². The number of benzene rings is 1. The van der Waals surface area contributed by atoms with Gasteiger partial charge in [-0.2, -0.15) is 0 Å². The SMILES string of the molecule is COC(=O)c1cc(C(=O)O)cc([B-](F)(F)F)c1.[K+]. The van der Waals surface area contributed by atoms with Crippen molar-refractivity contribution in [3.05, 3.63) is 29.3 Å². The Morgan fingerprint density at radius 2 is 1.67 bits per heavy atom. The Labute approximate surface area is 143 Å². The molecule has 0 saturated heterocycles. The normalized spacial score (nSPS) is 10.4. The largest absolute Gasteiger partial charge is 1.00 e. The molecule has 0 aliphatic carbocycles. The zero-order valence-corrected chi connectivity index (χ0v) is 12.7. The summed E-state index contributed by atoms with van der Waals surface area (Å²) in [7, 11) is 0.994. The molecule has 9 heteroatoms. The van der Waals surface area contributed by atoms with Crippen LogP contribution in [0.3, 0.4) is 0 Å². The third-order valence-corrected chi connectivity index (χ3v) is 2.00. The Balaban J connectivity index is 0.00000289. The molecule has 0 aliphatic rings. The van der Waals surface area contributed by atoms with Gasteiger partial charge >= 0.3 is 70.3 Å². The van der Waals surface area contributed by atoms with Gasteiger partial charge in [-0.3, -0.25) is 0 Å². The van der Waals surface area contributed by atoms with Gasteiger partial charge in [0.1, 0.15) is 0 Å². The smallest absolute Gasteiger partial charge is 0.478 e. The summed E-state index contributed by atoms with van der Waals surface area (Å²) in [5.74, 6) is -2.56. The molecule has 18 heavy (non-hydrogen) atoms. The first-order valence-electron chi connectivity index (χ1n) is 4.42. The van der Waals surface area contributed by atoms with E-state index in [1.54, 1.807) is 0 Å². The maximum Gasteiger partial charge on any atom is 1.00 e. The first-order chi connectivity index (χ1) is 7.75. The number of carboxylic acid groups (broad SMARTS) is 1. The Hall–Kier alpha value is -0.349. The monoisotopic (exact) mass is 286 g/mol. The molecule has 0 bridgehead atoms. The van der Waals surface area contributed by atoms with E-state index in [0.29, 0.717) is 12.1 Å². The zero-order chi connectivity index (χ0) is 13.2. The van der Waals surface area contributed by atoms with Gasteiger partial charge in [0.05, 0.1) is 18.2 Å². The molecule has 0 heterocycles. The number of esters is 1. The molecule has 92 valence electrons. The molecule has 1 aromatic rings. The standard InChI is InChI=1S/C9H7BF3O4.K/c1-17-9(16)6-2-5(8(14)15)3-7(4-6)10(11,12)13;/h2-4H,1H3,(H,14,15);/q-1;+1. The van der Waals surface area contributed by atoms with E-state index >= 15 is 0 Å². The molecule has 1 rings (SSSR count). The molecule has 0 radical (unpaired) electrons. The second kappa shape index (κ2) is 6.71. The van der Waals surface area contributed by atoms with Crippen molar-refractivity contribution in [2.75, 3.05) is 7.11 Å². The van der Waals surface area contributed by atoms with Crippen molar-refractivity contribution in [1.82, 2.24) is 0 Å². The van der Waals surface area contributed by atoms with Crippen LogP contribution >= 0.6 is 0 Å². The van der Waals surface area contributed by atoms with Crippen LogP contribution in [0.15, 0.2) is 18.2 Å². The summed E-state index contributed by atoms with van der Waals surface area (Å²) in [6.45, 7) is -5.38. The Morgan fingerprint density at radius 1 is 1.17 bits per heavy atom. The number of hydrogen-bond acceptors (Lipinski definition) is 3. The number of hydrogen-bond donors (Lipinski definition) is 1. The Morgan fingerprint density at radius 3 is 2.06 bits per heavy atom. The van der Waals surface area contributed by atoms with Gasteiger partial charge < -0.3 is 22.8 Å². The Bertz CT molecular complexity index is 475. The molecule has 1 aromatic carbocycles. The van der Waals surface area contributed by atoms with E-state index < -0.39 is 35.5 Å². The average molecular weight is 286 g/mol. The first kappa shape index (κ1) is 17.7. The summed E-state index contributed by atoms with van der Waals surface area (Å²) in [4.78, 5) is 21.7. The summed E-state index contributed by atoms with van der Waals surface area (Å²) >= 11 is 0. The molecule has 0 aliphatic heterocycles. The zero-order valence-electron chi connectivity index (χ0n) is 9.62. The quantitative estimate of drug-likeness (QED) is 0.527. The van der Waals surface area contributed by atoms with E-state index in [2.05, 4.69) is 4.74 Å². The number of aromatic carboxylic acids is 1. The van der Waals surface area contributed by atoms with Crippen molar-refractivity contribution >= 4 is 24.4 Å². The minimum atomic E-state index is -5.38.